The van der Waals surface area contributed by atoms with Gasteiger partial charge in [0.2, 0.25) is 0 Å². The number of nitrogens with one attached hydrogen (secondary N) is 2. The molecule has 0 unspecified atom stereocenters. The van der Waals surface area contributed by atoms with Crippen LogP contribution in [0.4, 0.5) is 0 Å². The summed E-state index contributed by atoms with van der Waals surface area (Å²) in [5.74, 6) is 0.765. The second-order valence-corrected chi connectivity index (χ2v) is 8.49. The molecule has 0 saturated carbocycles. The molecule has 2 aromatic heterocycles. The zero-order valence-electron chi connectivity index (χ0n) is 15.3. The molecule has 136 valence electrons. The van der Waals surface area contributed by atoms with E-state index in [0.29, 0.717) is 6.54 Å². The quantitative estimate of drug-likeness (QED) is 0.721. The summed E-state index contributed by atoms with van der Waals surface area (Å²) >= 11 is 6.15. The van der Waals surface area contributed by atoms with Gasteiger partial charge >= 0.3 is 0 Å². The number of fused-ring (bicyclic) bond motifs is 2. The van der Waals surface area contributed by atoms with Gasteiger partial charge in [0.15, 0.2) is 0 Å². The van der Waals surface area contributed by atoms with Crippen molar-refractivity contribution in [2.24, 2.45) is 0 Å². The number of rotatable bonds is 2. The van der Waals surface area contributed by atoms with E-state index in [1.54, 1.807) is 0 Å². The summed E-state index contributed by atoms with van der Waals surface area (Å²) in [6, 6.07) is 5.87. The Kier molecular flexibility index (Phi) is 4.16. The van der Waals surface area contributed by atoms with Crippen LogP contribution >= 0.6 is 11.6 Å². The third kappa shape index (κ3) is 3.17. The maximum atomic E-state index is 12.6. The van der Waals surface area contributed by atoms with Gasteiger partial charge in [-0.15, -0.1) is 0 Å². The van der Waals surface area contributed by atoms with Crippen LogP contribution in [0.25, 0.3) is 10.9 Å². The molecule has 0 fully saturated rings. The molecule has 0 amide bonds. The van der Waals surface area contributed by atoms with Gasteiger partial charge in [-0.25, -0.2) is 4.98 Å². The molecule has 5 nitrogen and oxygen atoms in total. The third-order valence-corrected chi connectivity index (χ3v) is 5.22. The van der Waals surface area contributed by atoms with E-state index in [4.69, 9.17) is 16.6 Å². The number of aromatic amines is 2. The van der Waals surface area contributed by atoms with Crippen LogP contribution in [-0.2, 0) is 24.9 Å². The number of hydrogen-bond acceptors (Lipinski definition) is 3. The topological polar surface area (TPSA) is 64.8 Å². The fourth-order valence-electron chi connectivity index (χ4n) is 3.49. The van der Waals surface area contributed by atoms with Crippen molar-refractivity contribution in [3.8, 4) is 0 Å². The lowest BCUT2D eigenvalue weighted by Crippen LogP contribution is -2.37. The minimum atomic E-state index is -0.158. The number of benzene rings is 1. The summed E-state index contributed by atoms with van der Waals surface area (Å²) in [5, 5.41) is 1.87. The molecule has 6 heteroatoms. The first-order valence-corrected chi connectivity index (χ1v) is 9.29. The number of halogens is 1. The predicted molar refractivity (Wildman–Crippen MR) is 105 cm³/mol. The number of H-pyrrole nitrogens is 2. The SMILES string of the molecule is CC(C)(C)c1nc2c(c(=O)[nH]1)CN(Cc1c[nH]c3ccc(Cl)cc13)CC2. The van der Waals surface area contributed by atoms with Crippen LogP contribution in [-0.4, -0.2) is 26.4 Å². The second kappa shape index (κ2) is 6.25. The van der Waals surface area contributed by atoms with Crippen molar-refractivity contribution in [3.63, 3.8) is 0 Å². The van der Waals surface area contributed by atoms with E-state index in [2.05, 4.69) is 35.6 Å². The minimum Gasteiger partial charge on any atom is -0.361 e. The third-order valence-electron chi connectivity index (χ3n) is 4.98. The molecule has 3 heterocycles. The molecule has 4 rings (SSSR count). The standard InChI is InChI=1S/C20H23ClN4O/c1-20(2,3)19-23-17-6-7-25(11-15(17)18(26)24-19)10-12-9-22-16-5-4-13(21)8-14(12)16/h4-5,8-9,22H,6-7,10-11H2,1-3H3,(H,23,24,26). The average molecular weight is 371 g/mol. The lowest BCUT2D eigenvalue weighted by atomic mass is 9.95. The highest BCUT2D eigenvalue weighted by Gasteiger charge is 2.25. The Morgan fingerprint density at radius 1 is 1.31 bits per heavy atom. The van der Waals surface area contributed by atoms with Crippen molar-refractivity contribution in [2.75, 3.05) is 6.54 Å². The summed E-state index contributed by atoms with van der Waals surface area (Å²) in [6.45, 7) is 8.48. The van der Waals surface area contributed by atoms with Crippen molar-refractivity contribution in [3.05, 3.63) is 62.4 Å². The monoisotopic (exact) mass is 370 g/mol. The van der Waals surface area contributed by atoms with Crippen LogP contribution in [0, 0.1) is 0 Å². The van der Waals surface area contributed by atoms with Crippen LogP contribution in [0.2, 0.25) is 5.02 Å². The lowest BCUT2D eigenvalue weighted by Gasteiger charge is -2.28. The van der Waals surface area contributed by atoms with E-state index >= 15 is 0 Å². The zero-order chi connectivity index (χ0) is 18.5. The summed E-state index contributed by atoms with van der Waals surface area (Å²) < 4.78 is 0. The molecule has 0 radical (unpaired) electrons. The molecule has 0 aliphatic carbocycles. The zero-order valence-corrected chi connectivity index (χ0v) is 16.1. The van der Waals surface area contributed by atoms with Crippen molar-refractivity contribution >= 4 is 22.5 Å². The maximum Gasteiger partial charge on any atom is 0.255 e. The first-order valence-electron chi connectivity index (χ1n) is 8.92. The van der Waals surface area contributed by atoms with Gasteiger partial charge < -0.3 is 9.97 Å². The molecule has 2 N–H and O–H groups in total. The molecule has 26 heavy (non-hydrogen) atoms. The van der Waals surface area contributed by atoms with Gasteiger partial charge in [-0.05, 0) is 23.8 Å². The predicted octanol–water partition coefficient (Wildman–Crippen LogP) is 3.76. The van der Waals surface area contributed by atoms with E-state index < -0.39 is 0 Å². The van der Waals surface area contributed by atoms with Gasteiger partial charge in [-0.2, -0.15) is 0 Å². The molecule has 1 aliphatic heterocycles. The molecule has 3 aromatic rings. The highest BCUT2D eigenvalue weighted by Crippen LogP contribution is 2.26. The Morgan fingerprint density at radius 2 is 2.12 bits per heavy atom. The molecule has 0 bridgehead atoms. The van der Waals surface area contributed by atoms with Crippen LogP contribution in [0.5, 0.6) is 0 Å². The lowest BCUT2D eigenvalue weighted by molar-refractivity contribution is 0.242. The largest absolute Gasteiger partial charge is 0.361 e. The molecular weight excluding hydrogens is 348 g/mol. The minimum absolute atomic E-state index is 0.00778. The number of aromatic nitrogens is 3. The first-order chi connectivity index (χ1) is 12.3. The molecule has 0 spiro atoms. The summed E-state index contributed by atoms with van der Waals surface area (Å²) in [6.07, 6.45) is 2.83. The van der Waals surface area contributed by atoms with E-state index in [1.807, 2.05) is 24.4 Å². The Morgan fingerprint density at radius 3 is 2.88 bits per heavy atom. The average Bonchev–Trinajstić information content (AvgIpc) is 2.96. The van der Waals surface area contributed by atoms with Crippen LogP contribution in [0.3, 0.4) is 0 Å². The van der Waals surface area contributed by atoms with Gasteiger partial charge in [0.25, 0.3) is 5.56 Å². The Hall–Kier alpha value is -2.11. The smallest absolute Gasteiger partial charge is 0.255 e. The highest BCUT2D eigenvalue weighted by molar-refractivity contribution is 6.31. The molecule has 1 aliphatic rings. The van der Waals surface area contributed by atoms with Crippen LogP contribution < -0.4 is 5.56 Å². The van der Waals surface area contributed by atoms with Crippen molar-refractivity contribution in [1.82, 2.24) is 19.9 Å². The Balaban J connectivity index is 1.61. The van der Waals surface area contributed by atoms with Gasteiger partial charge in [0.05, 0.1) is 11.3 Å². The molecule has 1 aromatic carbocycles. The van der Waals surface area contributed by atoms with Gasteiger partial charge in [-0.3, -0.25) is 9.69 Å². The first kappa shape index (κ1) is 17.3. The molecule has 0 saturated heterocycles. The van der Waals surface area contributed by atoms with E-state index in [9.17, 15) is 4.79 Å². The Bertz CT molecular complexity index is 1030. The normalized spacial score (nSPS) is 15.4. The van der Waals surface area contributed by atoms with Crippen molar-refractivity contribution in [2.45, 2.75) is 45.7 Å². The molecule has 0 atom stereocenters. The number of nitrogens with zero attached hydrogens (tertiary/aromatic N) is 2. The maximum absolute atomic E-state index is 12.6. The van der Waals surface area contributed by atoms with Crippen molar-refractivity contribution in [1.29, 1.82) is 0 Å². The van der Waals surface area contributed by atoms with Gasteiger partial charge in [0, 0.05) is 53.6 Å². The summed E-state index contributed by atoms with van der Waals surface area (Å²) in [5.41, 5.74) is 3.85. The van der Waals surface area contributed by atoms with Crippen LogP contribution in [0.1, 0.15) is 43.4 Å². The van der Waals surface area contributed by atoms with Crippen molar-refractivity contribution < 1.29 is 0 Å². The summed E-state index contributed by atoms with van der Waals surface area (Å²) in [4.78, 5) is 25.9. The fraction of sp³-hybridized carbons (Fsp3) is 0.400. The van der Waals surface area contributed by atoms with Gasteiger partial charge in [0.1, 0.15) is 5.82 Å². The second-order valence-electron chi connectivity index (χ2n) is 8.05. The Labute approximate surface area is 157 Å². The highest BCUT2D eigenvalue weighted by atomic mass is 35.5. The molecular formula is C20H23ClN4O. The van der Waals surface area contributed by atoms with E-state index in [0.717, 1.165) is 52.5 Å². The van der Waals surface area contributed by atoms with Crippen LogP contribution in [0.15, 0.2) is 29.2 Å². The number of hydrogen-bond donors (Lipinski definition) is 2. The fourth-order valence-corrected chi connectivity index (χ4v) is 3.67. The van der Waals surface area contributed by atoms with E-state index in [1.165, 1.54) is 5.56 Å². The van der Waals surface area contributed by atoms with E-state index in [-0.39, 0.29) is 11.0 Å². The summed E-state index contributed by atoms with van der Waals surface area (Å²) in [7, 11) is 0. The van der Waals surface area contributed by atoms with Gasteiger partial charge in [-0.1, -0.05) is 32.4 Å².